The van der Waals surface area contributed by atoms with Gasteiger partial charge in [-0.15, -0.1) is 0 Å². The predicted octanol–water partition coefficient (Wildman–Crippen LogP) is 1.63. The molecule has 1 aliphatic rings. The summed E-state index contributed by atoms with van der Waals surface area (Å²) in [6.07, 6.45) is 0. The second kappa shape index (κ2) is 3.93. The van der Waals surface area contributed by atoms with Crippen LogP contribution in [0.4, 0.5) is 0 Å². The Kier molecular flexibility index (Phi) is 2.78. The van der Waals surface area contributed by atoms with Gasteiger partial charge in [0.05, 0.1) is 13.1 Å². The first-order valence-corrected chi connectivity index (χ1v) is 5.75. The Balaban J connectivity index is 2.19. The quantitative estimate of drug-likeness (QED) is 0.740. The fraction of sp³-hybridized carbons (Fsp3) is 0.818. The van der Waals surface area contributed by atoms with Gasteiger partial charge in [0.1, 0.15) is 5.82 Å². The standard InChI is InChI=1S/C11H20N4/c1-8(2)11-12-10-7-14(9(3)4)5-6-15(10)13-11/h8-9H,5-7H2,1-4H3. The lowest BCUT2D eigenvalue weighted by molar-refractivity contribution is 0.167. The van der Waals surface area contributed by atoms with Crippen molar-refractivity contribution >= 4 is 0 Å². The first-order chi connectivity index (χ1) is 7.08. The number of hydrogen-bond acceptors (Lipinski definition) is 3. The van der Waals surface area contributed by atoms with E-state index in [4.69, 9.17) is 0 Å². The molecule has 0 bridgehead atoms. The Hall–Kier alpha value is -0.900. The molecule has 0 aromatic carbocycles. The second-order valence-corrected chi connectivity index (χ2v) is 4.83. The Morgan fingerprint density at radius 1 is 1.13 bits per heavy atom. The largest absolute Gasteiger partial charge is 0.292 e. The van der Waals surface area contributed by atoms with Crippen molar-refractivity contribution in [3.63, 3.8) is 0 Å². The third-order valence-electron chi connectivity index (χ3n) is 2.95. The van der Waals surface area contributed by atoms with Crippen LogP contribution in [0.3, 0.4) is 0 Å². The Bertz CT molecular complexity index is 340. The van der Waals surface area contributed by atoms with Gasteiger partial charge in [0.2, 0.25) is 0 Å². The van der Waals surface area contributed by atoms with Gasteiger partial charge in [-0.3, -0.25) is 4.90 Å². The Morgan fingerprint density at radius 2 is 1.87 bits per heavy atom. The zero-order valence-corrected chi connectivity index (χ0v) is 10.1. The molecule has 0 unspecified atom stereocenters. The lowest BCUT2D eigenvalue weighted by atomic mass is 10.2. The van der Waals surface area contributed by atoms with Crippen molar-refractivity contribution < 1.29 is 0 Å². The number of hydrogen-bond donors (Lipinski definition) is 0. The van der Waals surface area contributed by atoms with E-state index < -0.39 is 0 Å². The molecule has 0 atom stereocenters. The van der Waals surface area contributed by atoms with Crippen LogP contribution in [-0.4, -0.2) is 32.3 Å². The maximum absolute atomic E-state index is 4.59. The second-order valence-electron chi connectivity index (χ2n) is 4.83. The molecule has 2 heterocycles. The molecule has 0 saturated carbocycles. The van der Waals surface area contributed by atoms with Gasteiger partial charge in [-0.05, 0) is 13.8 Å². The van der Waals surface area contributed by atoms with E-state index in [2.05, 4.69) is 47.4 Å². The minimum atomic E-state index is 0.426. The maximum Gasteiger partial charge on any atom is 0.153 e. The molecule has 4 nitrogen and oxygen atoms in total. The van der Waals surface area contributed by atoms with Crippen molar-refractivity contribution in [1.82, 2.24) is 19.7 Å². The number of rotatable bonds is 2. The van der Waals surface area contributed by atoms with Crippen molar-refractivity contribution in [2.45, 2.75) is 52.7 Å². The van der Waals surface area contributed by atoms with Crippen LogP contribution in [0.2, 0.25) is 0 Å². The molecule has 1 aromatic heterocycles. The zero-order valence-electron chi connectivity index (χ0n) is 10.1. The molecular formula is C11H20N4. The van der Waals surface area contributed by atoms with Gasteiger partial charge >= 0.3 is 0 Å². The molecule has 0 aliphatic carbocycles. The first-order valence-electron chi connectivity index (χ1n) is 5.75. The minimum Gasteiger partial charge on any atom is -0.292 e. The molecule has 0 saturated heterocycles. The van der Waals surface area contributed by atoms with Crippen molar-refractivity contribution in [3.05, 3.63) is 11.6 Å². The minimum absolute atomic E-state index is 0.426. The molecule has 0 amide bonds. The molecule has 15 heavy (non-hydrogen) atoms. The topological polar surface area (TPSA) is 34.0 Å². The van der Waals surface area contributed by atoms with Crippen LogP contribution >= 0.6 is 0 Å². The van der Waals surface area contributed by atoms with Crippen LogP contribution in [0.15, 0.2) is 0 Å². The smallest absolute Gasteiger partial charge is 0.153 e. The maximum atomic E-state index is 4.59. The summed E-state index contributed by atoms with van der Waals surface area (Å²) in [5.74, 6) is 2.53. The average molecular weight is 208 g/mol. The lowest BCUT2D eigenvalue weighted by Crippen LogP contribution is -2.38. The summed E-state index contributed by atoms with van der Waals surface area (Å²) in [6, 6.07) is 0.595. The summed E-state index contributed by atoms with van der Waals surface area (Å²) in [7, 11) is 0. The molecule has 0 N–H and O–H groups in total. The van der Waals surface area contributed by atoms with E-state index in [-0.39, 0.29) is 0 Å². The van der Waals surface area contributed by atoms with Crippen molar-refractivity contribution in [2.24, 2.45) is 0 Å². The van der Waals surface area contributed by atoms with E-state index in [9.17, 15) is 0 Å². The Morgan fingerprint density at radius 3 is 2.47 bits per heavy atom. The highest BCUT2D eigenvalue weighted by atomic mass is 15.4. The molecule has 1 aromatic rings. The zero-order chi connectivity index (χ0) is 11.0. The summed E-state index contributed by atoms with van der Waals surface area (Å²) in [4.78, 5) is 7.03. The highest BCUT2D eigenvalue weighted by Gasteiger charge is 2.21. The van der Waals surface area contributed by atoms with E-state index in [1.807, 2.05) is 0 Å². The van der Waals surface area contributed by atoms with Gasteiger partial charge in [0.15, 0.2) is 5.82 Å². The highest BCUT2D eigenvalue weighted by molar-refractivity contribution is 4.99. The molecular weight excluding hydrogens is 188 g/mol. The number of nitrogens with zero attached hydrogens (tertiary/aromatic N) is 4. The summed E-state index contributed by atoms with van der Waals surface area (Å²) < 4.78 is 2.06. The summed E-state index contributed by atoms with van der Waals surface area (Å²) in [5.41, 5.74) is 0. The van der Waals surface area contributed by atoms with Crippen LogP contribution in [0, 0.1) is 0 Å². The Labute approximate surface area is 91.3 Å². The third-order valence-corrected chi connectivity index (χ3v) is 2.95. The van der Waals surface area contributed by atoms with Gasteiger partial charge in [-0.25, -0.2) is 9.67 Å². The average Bonchev–Trinajstić information content (AvgIpc) is 2.59. The SMILES string of the molecule is CC(C)c1nc2n(n1)CCN(C(C)C)C2. The molecule has 0 spiro atoms. The van der Waals surface area contributed by atoms with Gasteiger partial charge in [-0.1, -0.05) is 13.8 Å². The lowest BCUT2D eigenvalue weighted by Gasteiger charge is -2.29. The fourth-order valence-corrected chi connectivity index (χ4v) is 1.86. The van der Waals surface area contributed by atoms with Gasteiger partial charge in [0, 0.05) is 18.5 Å². The number of aromatic nitrogens is 3. The molecule has 2 rings (SSSR count). The summed E-state index contributed by atoms with van der Waals surface area (Å²) in [5, 5.41) is 4.52. The van der Waals surface area contributed by atoms with Gasteiger partial charge in [0.25, 0.3) is 0 Å². The monoisotopic (exact) mass is 208 g/mol. The van der Waals surface area contributed by atoms with Crippen LogP contribution in [0.1, 0.15) is 45.3 Å². The highest BCUT2D eigenvalue weighted by Crippen LogP contribution is 2.16. The first kappa shape index (κ1) is 10.6. The van der Waals surface area contributed by atoms with E-state index >= 15 is 0 Å². The molecule has 0 fully saturated rings. The number of fused-ring (bicyclic) bond motifs is 1. The third kappa shape index (κ3) is 2.04. The summed E-state index contributed by atoms with van der Waals surface area (Å²) in [6.45, 7) is 11.8. The molecule has 4 heteroatoms. The normalized spacial score (nSPS) is 17.5. The van der Waals surface area contributed by atoms with E-state index in [0.717, 1.165) is 31.3 Å². The van der Waals surface area contributed by atoms with Gasteiger partial charge < -0.3 is 0 Å². The van der Waals surface area contributed by atoms with E-state index in [0.29, 0.717) is 12.0 Å². The van der Waals surface area contributed by atoms with Crippen LogP contribution in [0.5, 0.6) is 0 Å². The molecule has 0 radical (unpaired) electrons. The van der Waals surface area contributed by atoms with Crippen molar-refractivity contribution in [3.8, 4) is 0 Å². The van der Waals surface area contributed by atoms with Crippen molar-refractivity contribution in [1.29, 1.82) is 0 Å². The van der Waals surface area contributed by atoms with Crippen LogP contribution < -0.4 is 0 Å². The molecule has 1 aliphatic heterocycles. The van der Waals surface area contributed by atoms with Crippen LogP contribution in [0.25, 0.3) is 0 Å². The van der Waals surface area contributed by atoms with E-state index in [1.165, 1.54) is 0 Å². The molecule has 84 valence electrons. The fourth-order valence-electron chi connectivity index (χ4n) is 1.86. The van der Waals surface area contributed by atoms with Crippen LogP contribution in [-0.2, 0) is 13.1 Å². The van der Waals surface area contributed by atoms with Crippen molar-refractivity contribution in [2.75, 3.05) is 6.54 Å². The van der Waals surface area contributed by atoms with Gasteiger partial charge in [-0.2, -0.15) is 5.10 Å². The van der Waals surface area contributed by atoms with E-state index in [1.54, 1.807) is 0 Å². The predicted molar refractivity (Wildman–Crippen MR) is 59.7 cm³/mol. The summed E-state index contributed by atoms with van der Waals surface area (Å²) >= 11 is 0.